The summed E-state index contributed by atoms with van der Waals surface area (Å²) in [6, 6.07) is 14.1. The normalized spacial score (nSPS) is 9.94. The predicted octanol–water partition coefficient (Wildman–Crippen LogP) is 2.51. The van der Waals surface area contributed by atoms with E-state index in [2.05, 4.69) is 0 Å². The number of benzene rings is 2. The van der Waals surface area contributed by atoms with Crippen molar-refractivity contribution >= 4 is 11.5 Å². The quantitative estimate of drug-likeness (QED) is 0.647. The van der Waals surface area contributed by atoms with Gasteiger partial charge in [-0.2, -0.15) is 0 Å². The van der Waals surface area contributed by atoms with Gasteiger partial charge in [0.2, 0.25) is 0 Å². The van der Waals surface area contributed by atoms with Crippen LogP contribution in [-0.4, -0.2) is 12.9 Å². The Bertz CT molecular complexity index is 535. The minimum absolute atomic E-state index is 0.0381. The van der Waals surface area contributed by atoms with Crippen molar-refractivity contribution in [2.75, 3.05) is 12.8 Å². The molecule has 0 aliphatic heterocycles. The first-order valence-electron chi connectivity index (χ1n) is 5.25. The number of carbonyl (C=O) groups is 1. The molecule has 0 fully saturated rings. The maximum Gasteiger partial charge on any atom is 0.193 e. The Morgan fingerprint density at radius 1 is 1.06 bits per heavy atom. The van der Waals surface area contributed by atoms with Crippen molar-refractivity contribution in [2.45, 2.75) is 0 Å². The lowest BCUT2D eigenvalue weighted by molar-refractivity contribution is 0.103. The van der Waals surface area contributed by atoms with Gasteiger partial charge in [-0.3, -0.25) is 4.79 Å². The molecular formula is C14H13NO2. The minimum atomic E-state index is -0.0381. The highest BCUT2D eigenvalue weighted by atomic mass is 16.5. The van der Waals surface area contributed by atoms with E-state index in [1.54, 1.807) is 30.3 Å². The highest BCUT2D eigenvalue weighted by molar-refractivity contribution is 6.09. The van der Waals surface area contributed by atoms with Crippen molar-refractivity contribution in [3.8, 4) is 5.75 Å². The molecule has 0 saturated carbocycles. The van der Waals surface area contributed by atoms with Gasteiger partial charge in [-0.1, -0.05) is 30.3 Å². The molecule has 0 aliphatic carbocycles. The topological polar surface area (TPSA) is 52.3 Å². The van der Waals surface area contributed by atoms with Gasteiger partial charge in [-0.25, -0.2) is 0 Å². The van der Waals surface area contributed by atoms with Crippen LogP contribution >= 0.6 is 0 Å². The maximum absolute atomic E-state index is 12.1. The molecule has 0 aromatic heterocycles. The molecule has 17 heavy (non-hydrogen) atoms. The molecule has 0 heterocycles. The molecule has 2 rings (SSSR count). The number of nitrogen functional groups attached to an aromatic ring is 1. The summed E-state index contributed by atoms with van der Waals surface area (Å²) in [5.41, 5.74) is 7.45. The fourth-order valence-corrected chi connectivity index (χ4v) is 1.61. The Morgan fingerprint density at radius 2 is 1.76 bits per heavy atom. The number of hydrogen-bond donors (Lipinski definition) is 1. The average molecular weight is 227 g/mol. The Balaban J connectivity index is 2.38. The zero-order chi connectivity index (χ0) is 12.3. The Kier molecular flexibility index (Phi) is 3.10. The highest BCUT2D eigenvalue weighted by Gasteiger charge is 2.10. The van der Waals surface area contributed by atoms with E-state index >= 15 is 0 Å². The molecule has 0 bridgehead atoms. The lowest BCUT2D eigenvalue weighted by Gasteiger charge is -2.06. The summed E-state index contributed by atoms with van der Waals surface area (Å²) >= 11 is 0. The van der Waals surface area contributed by atoms with Crippen molar-refractivity contribution in [1.29, 1.82) is 0 Å². The molecule has 0 aliphatic rings. The van der Waals surface area contributed by atoms with Gasteiger partial charge in [0.05, 0.1) is 12.8 Å². The first-order valence-corrected chi connectivity index (χ1v) is 5.25. The predicted molar refractivity (Wildman–Crippen MR) is 67.3 cm³/mol. The number of anilines is 1. The number of methoxy groups -OCH3 is 1. The van der Waals surface area contributed by atoms with Gasteiger partial charge in [0.25, 0.3) is 0 Å². The van der Waals surface area contributed by atoms with Crippen molar-refractivity contribution in [2.24, 2.45) is 0 Å². The van der Waals surface area contributed by atoms with Gasteiger partial charge in [-0.15, -0.1) is 0 Å². The number of ketones is 1. The lowest BCUT2D eigenvalue weighted by Crippen LogP contribution is -2.02. The molecule has 3 nitrogen and oxygen atoms in total. The van der Waals surface area contributed by atoms with E-state index < -0.39 is 0 Å². The third-order valence-electron chi connectivity index (χ3n) is 2.53. The number of ether oxygens (including phenoxy) is 1. The molecule has 3 heteroatoms. The Labute approximate surface area is 99.8 Å². The molecule has 0 radical (unpaired) electrons. The number of carbonyl (C=O) groups excluding carboxylic acids is 1. The molecule has 0 spiro atoms. The van der Waals surface area contributed by atoms with Crippen molar-refractivity contribution < 1.29 is 9.53 Å². The minimum Gasteiger partial charge on any atom is -0.495 e. The van der Waals surface area contributed by atoms with Gasteiger partial charge >= 0.3 is 0 Å². The highest BCUT2D eigenvalue weighted by Crippen LogP contribution is 2.23. The Morgan fingerprint density at radius 3 is 2.41 bits per heavy atom. The van der Waals surface area contributed by atoms with Crippen LogP contribution in [-0.2, 0) is 0 Å². The van der Waals surface area contributed by atoms with Crippen LogP contribution in [0.25, 0.3) is 0 Å². The van der Waals surface area contributed by atoms with E-state index in [4.69, 9.17) is 10.5 Å². The molecule has 0 atom stereocenters. The van der Waals surface area contributed by atoms with Gasteiger partial charge in [0.1, 0.15) is 5.75 Å². The summed E-state index contributed by atoms with van der Waals surface area (Å²) in [6.45, 7) is 0. The first-order chi connectivity index (χ1) is 8.22. The SMILES string of the molecule is COc1cc(C(=O)c2ccccc2)ccc1N. The maximum atomic E-state index is 12.1. The molecule has 2 N–H and O–H groups in total. The van der Waals surface area contributed by atoms with Crippen LogP contribution in [0.2, 0.25) is 0 Å². The second-order valence-electron chi connectivity index (χ2n) is 3.65. The van der Waals surface area contributed by atoms with Gasteiger partial charge in [0.15, 0.2) is 5.78 Å². The molecular weight excluding hydrogens is 214 g/mol. The second kappa shape index (κ2) is 4.70. The fourth-order valence-electron chi connectivity index (χ4n) is 1.61. The van der Waals surface area contributed by atoms with E-state index in [0.717, 1.165) is 0 Å². The van der Waals surface area contributed by atoms with Crippen LogP contribution in [0.1, 0.15) is 15.9 Å². The van der Waals surface area contributed by atoms with E-state index in [0.29, 0.717) is 22.6 Å². The smallest absolute Gasteiger partial charge is 0.193 e. The van der Waals surface area contributed by atoms with Crippen molar-refractivity contribution in [3.63, 3.8) is 0 Å². The van der Waals surface area contributed by atoms with Crippen LogP contribution in [0.5, 0.6) is 5.75 Å². The molecule has 0 saturated heterocycles. The molecule has 2 aromatic carbocycles. The van der Waals surface area contributed by atoms with Crippen LogP contribution in [0.15, 0.2) is 48.5 Å². The number of hydrogen-bond acceptors (Lipinski definition) is 3. The van der Waals surface area contributed by atoms with E-state index in [9.17, 15) is 4.79 Å². The van der Waals surface area contributed by atoms with Crippen molar-refractivity contribution in [1.82, 2.24) is 0 Å². The van der Waals surface area contributed by atoms with Gasteiger partial charge < -0.3 is 10.5 Å². The summed E-state index contributed by atoms with van der Waals surface area (Å²) in [6.07, 6.45) is 0. The first kappa shape index (κ1) is 11.2. The van der Waals surface area contributed by atoms with E-state index in [1.165, 1.54) is 7.11 Å². The summed E-state index contributed by atoms with van der Waals surface area (Å²) in [7, 11) is 1.53. The van der Waals surface area contributed by atoms with Crippen LogP contribution in [0, 0.1) is 0 Å². The zero-order valence-electron chi connectivity index (χ0n) is 9.51. The lowest BCUT2D eigenvalue weighted by atomic mass is 10.0. The van der Waals surface area contributed by atoms with E-state index in [-0.39, 0.29) is 5.78 Å². The third kappa shape index (κ3) is 2.28. The third-order valence-corrected chi connectivity index (χ3v) is 2.53. The average Bonchev–Trinajstić information content (AvgIpc) is 2.39. The number of nitrogens with two attached hydrogens (primary N) is 1. The molecule has 0 unspecified atom stereocenters. The molecule has 2 aromatic rings. The number of rotatable bonds is 3. The monoisotopic (exact) mass is 227 g/mol. The summed E-state index contributed by atoms with van der Waals surface area (Å²) in [5, 5.41) is 0. The standard InChI is InChI=1S/C14H13NO2/c1-17-13-9-11(7-8-12(13)15)14(16)10-5-3-2-4-6-10/h2-9H,15H2,1H3. The molecule has 0 amide bonds. The van der Waals surface area contributed by atoms with Crippen molar-refractivity contribution in [3.05, 3.63) is 59.7 Å². The van der Waals surface area contributed by atoms with Gasteiger partial charge in [0, 0.05) is 11.1 Å². The van der Waals surface area contributed by atoms with E-state index in [1.807, 2.05) is 18.2 Å². The largest absolute Gasteiger partial charge is 0.495 e. The van der Waals surface area contributed by atoms with Crippen LogP contribution < -0.4 is 10.5 Å². The summed E-state index contributed by atoms with van der Waals surface area (Å²) < 4.78 is 5.09. The Hall–Kier alpha value is -2.29. The second-order valence-corrected chi connectivity index (χ2v) is 3.65. The fraction of sp³-hybridized carbons (Fsp3) is 0.0714. The van der Waals surface area contributed by atoms with Gasteiger partial charge in [-0.05, 0) is 18.2 Å². The zero-order valence-corrected chi connectivity index (χ0v) is 9.51. The summed E-state index contributed by atoms with van der Waals surface area (Å²) in [4.78, 5) is 12.1. The molecule has 86 valence electrons. The van der Waals surface area contributed by atoms with Crippen LogP contribution in [0.4, 0.5) is 5.69 Å². The van der Waals surface area contributed by atoms with Crippen LogP contribution in [0.3, 0.4) is 0 Å². The summed E-state index contributed by atoms with van der Waals surface area (Å²) in [5.74, 6) is 0.482.